The minimum absolute atomic E-state index is 0.895. The van der Waals surface area contributed by atoms with E-state index in [0.717, 1.165) is 60.4 Å². The van der Waals surface area contributed by atoms with Crippen molar-refractivity contribution in [2.24, 2.45) is 0 Å². The van der Waals surface area contributed by atoms with Crippen molar-refractivity contribution in [2.75, 3.05) is 0 Å². The van der Waals surface area contributed by atoms with E-state index in [1.54, 1.807) is 51.4 Å². The summed E-state index contributed by atoms with van der Waals surface area (Å²) in [6, 6.07) is 5.43. The average molecular weight is 619 g/mol. The summed E-state index contributed by atoms with van der Waals surface area (Å²) in [6.45, 7) is 1.05. The Balaban J connectivity index is 1.32. The van der Waals surface area contributed by atoms with Crippen LogP contribution in [0.4, 0.5) is 0 Å². The van der Waals surface area contributed by atoms with Crippen molar-refractivity contribution in [2.45, 2.75) is 266 Å². The molecule has 0 aromatic heterocycles. The van der Waals surface area contributed by atoms with Gasteiger partial charge in [-0.3, -0.25) is 9.80 Å². The first-order chi connectivity index (χ1) is 22.4. The van der Waals surface area contributed by atoms with E-state index >= 15 is 0 Å². The smallest absolute Gasteiger partial charge is 0.156 e. The fourth-order valence-electron chi connectivity index (χ4n) is 13.6. The second-order valence-corrected chi connectivity index (χ2v) is 18.0. The summed E-state index contributed by atoms with van der Waals surface area (Å²) in [5.41, 5.74) is 0. The second kappa shape index (κ2) is 17.1. The van der Waals surface area contributed by atoms with Gasteiger partial charge in [0, 0.05) is 36.3 Å². The molecule has 7 fully saturated rings. The van der Waals surface area contributed by atoms with E-state index in [0.29, 0.717) is 0 Å². The first-order valence-corrected chi connectivity index (χ1v) is 22.0. The van der Waals surface area contributed by atoms with Gasteiger partial charge in [0.2, 0.25) is 0 Å². The lowest BCUT2D eigenvalue weighted by Crippen LogP contribution is -2.71. The summed E-state index contributed by atoms with van der Waals surface area (Å²) in [5, 5.41) is 0. The lowest BCUT2D eigenvalue weighted by atomic mass is 9.20. The summed E-state index contributed by atoms with van der Waals surface area (Å²) in [4.78, 5) is 6.94. The molecule has 0 N–H and O–H groups in total. The van der Waals surface area contributed by atoms with Gasteiger partial charge >= 0.3 is 0 Å². The molecule has 0 aromatic rings. The van der Waals surface area contributed by atoms with Crippen LogP contribution in [0, 0.1) is 0 Å². The molecule has 0 spiro atoms. The van der Waals surface area contributed by atoms with E-state index in [1.807, 2.05) is 0 Å². The number of nitrogens with zero attached hydrogens (tertiary/aromatic N) is 2. The standard InChI is InChI=1S/C42H75BN2/c1-2-7-15-25-34(24-14-6-1)44-38-30-22-12-18-28-36(38)43-37-29-19-13-23-31-39(37)45(35-26-16-8-3-4-9-17-27-35)41-33-21-11-5-10-20-32-40(44)42(41)43/h34-42H,1-33H2. The monoisotopic (exact) mass is 619 g/mol. The molecule has 0 amide bonds. The Bertz CT molecular complexity index is 776. The largest absolute Gasteiger partial charge is 0.295 e. The maximum Gasteiger partial charge on any atom is 0.156 e. The predicted octanol–water partition coefficient (Wildman–Crippen LogP) is 12.4. The van der Waals surface area contributed by atoms with Crippen molar-refractivity contribution in [3.63, 3.8) is 0 Å². The summed E-state index contributed by atoms with van der Waals surface area (Å²) < 4.78 is 0. The topological polar surface area (TPSA) is 6.48 Å². The molecule has 0 radical (unpaired) electrons. The van der Waals surface area contributed by atoms with Gasteiger partial charge in [-0.2, -0.15) is 0 Å². The Kier molecular flexibility index (Phi) is 12.7. The van der Waals surface area contributed by atoms with Crippen molar-refractivity contribution in [1.29, 1.82) is 0 Å². The van der Waals surface area contributed by atoms with Gasteiger partial charge < -0.3 is 0 Å². The molecule has 2 aliphatic heterocycles. The fraction of sp³-hybridized carbons (Fsp3) is 1.00. The number of hydrogen-bond acceptors (Lipinski definition) is 2. The van der Waals surface area contributed by atoms with Crippen LogP contribution in [0.1, 0.15) is 212 Å². The van der Waals surface area contributed by atoms with Crippen LogP contribution in [0.15, 0.2) is 0 Å². The molecule has 6 atom stereocenters. The third kappa shape index (κ3) is 7.76. The van der Waals surface area contributed by atoms with Gasteiger partial charge in [0.25, 0.3) is 0 Å². The highest BCUT2D eigenvalue weighted by atomic mass is 15.3. The summed E-state index contributed by atoms with van der Waals surface area (Å²) in [6.07, 6.45) is 50.4. The number of fused-ring (bicyclic) bond motifs is 4. The summed E-state index contributed by atoms with van der Waals surface area (Å²) in [5.74, 6) is 3.00. The highest BCUT2D eigenvalue weighted by molar-refractivity contribution is 6.65. The van der Waals surface area contributed by atoms with Crippen molar-refractivity contribution >= 4 is 6.71 Å². The quantitative estimate of drug-likeness (QED) is 0.284. The maximum atomic E-state index is 3.47. The van der Waals surface area contributed by atoms with Crippen LogP contribution in [0.3, 0.4) is 0 Å². The third-order valence-corrected chi connectivity index (χ3v) is 15.4. The van der Waals surface area contributed by atoms with Crippen LogP contribution in [0.5, 0.6) is 0 Å². The molecule has 0 aromatic carbocycles. The molecule has 7 aliphatic rings. The molecule has 45 heavy (non-hydrogen) atoms. The molecular weight excluding hydrogens is 543 g/mol. The van der Waals surface area contributed by atoms with E-state index in [9.17, 15) is 0 Å². The van der Waals surface area contributed by atoms with Gasteiger partial charge in [-0.05, 0) is 68.8 Å². The zero-order chi connectivity index (χ0) is 30.3. The Morgan fingerprint density at radius 2 is 0.533 bits per heavy atom. The van der Waals surface area contributed by atoms with E-state index in [1.165, 1.54) is 161 Å². The fourth-order valence-corrected chi connectivity index (χ4v) is 13.6. The van der Waals surface area contributed by atoms with Gasteiger partial charge in [-0.25, -0.2) is 0 Å². The van der Waals surface area contributed by atoms with E-state index in [-0.39, 0.29) is 0 Å². The van der Waals surface area contributed by atoms with Gasteiger partial charge in [0.1, 0.15) is 0 Å². The maximum absolute atomic E-state index is 3.47. The Labute approximate surface area is 281 Å². The molecule has 2 nitrogen and oxygen atoms in total. The molecular formula is C42H75BN2. The van der Waals surface area contributed by atoms with Crippen molar-refractivity contribution in [3.8, 4) is 0 Å². The van der Waals surface area contributed by atoms with Crippen LogP contribution in [-0.2, 0) is 0 Å². The lowest BCUT2D eigenvalue weighted by molar-refractivity contribution is -0.0271. The average Bonchev–Trinajstić information content (AvgIpc) is 3.32. The first kappa shape index (κ1) is 33.5. The molecule has 5 saturated carbocycles. The second-order valence-electron chi connectivity index (χ2n) is 18.0. The van der Waals surface area contributed by atoms with Crippen molar-refractivity contribution in [3.05, 3.63) is 0 Å². The van der Waals surface area contributed by atoms with Crippen LogP contribution in [-0.4, -0.2) is 52.8 Å². The van der Waals surface area contributed by atoms with Gasteiger partial charge in [0.05, 0.1) is 0 Å². The Morgan fingerprint density at radius 1 is 0.267 bits per heavy atom. The van der Waals surface area contributed by atoms with Crippen LogP contribution >= 0.6 is 0 Å². The highest BCUT2D eigenvalue weighted by Gasteiger charge is 2.61. The Hall–Kier alpha value is -0.0151. The van der Waals surface area contributed by atoms with Crippen molar-refractivity contribution < 1.29 is 0 Å². The normalized spacial score (nSPS) is 40.0. The minimum Gasteiger partial charge on any atom is -0.295 e. The lowest BCUT2D eigenvalue weighted by Gasteiger charge is -2.66. The highest BCUT2D eigenvalue weighted by Crippen LogP contribution is 2.60. The first-order valence-electron chi connectivity index (χ1n) is 22.0. The summed E-state index contributed by atoms with van der Waals surface area (Å²) >= 11 is 0. The molecule has 2 saturated heterocycles. The van der Waals surface area contributed by atoms with Crippen LogP contribution < -0.4 is 0 Å². The number of rotatable bonds is 2. The SMILES string of the molecule is C1CCCCC(N2C3CCCCCC3B3C4CCCCCC4N(C4CCCCCCCC4)C4CCCCCCCC2C34)CCC1. The van der Waals surface area contributed by atoms with E-state index < -0.39 is 0 Å². The molecule has 3 heteroatoms. The molecule has 256 valence electrons. The molecule has 5 aliphatic carbocycles. The zero-order valence-corrected chi connectivity index (χ0v) is 30.0. The van der Waals surface area contributed by atoms with Gasteiger partial charge in [0.15, 0.2) is 6.71 Å². The van der Waals surface area contributed by atoms with Crippen molar-refractivity contribution in [1.82, 2.24) is 9.80 Å². The van der Waals surface area contributed by atoms with Crippen LogP contribution in [0.2, 0.25) is 17.5 Å². The van der Waals surface area contributed by atoms with Gasteiger partial charge in [-0.1, -0.05) is 161 Å². The molecule has 2 heterocycles. The zero-order valence-electron chi connectivity index (χ0n) is 30.0. The molecule has 0 bridgehead atoms. The molecule has 6 unspecified atom stereocenters. The van der Waals surface area contributed by atoms with E-state index in [4.69, 9.17) is 0 Å². The molecule has 7 rings (SSSR count). The number of hydrogen-bond donors (Lipinski definition) is 0. The van der Waals surface area contributed by atoms with Crippen LogP contribution in [0.25, 0.3) is 0 Å². The Morgan fingerprint density at radius 3 is 0.911 bits per heavy atom. The summed E-state index contributed by atoms with van der Waals surface area (Å²) in [7, 11) is 0. The third-order valence-electron chi connectivity index (χ3n) is 15.4. The minimum atomic E-state index is 0.895. The van der Waals surface area contributed by atoms with E-state index in [2.05, 4.69) is 9.80 Å². The van der Waals surface area contributed by atoms with Gasteiger partial charge in [-0.15, -0.1) is 0 Å². The predicted molar refractivity (Wildman–Crippen MR) is 196 cm³/mol.